The minimum Gasteiger partial charge on any atom is -0.493 e. The summed E-state index contributed by atoms with van der Waals surface area (Å²) in [5.74, 6) is 1.18. The van der Waals surface area contributed by atoms with Crippen LogP contribution in [0.5, 0.6) is 11.5 Å². The third-order valence-corrected chi connectivity index (χ3v) is 8.92. The molecule has 0 aliphatic carbocycles. The fourth-order valence-electron chi connectivity index (χ4n) is 6.28. The molecule has 1 aliphatic heterocycles. The molecule has 2 aromatic carbocycles. The molecule has 6 heteroatoms. The largest absolute Gasteiger partial charge is 0.493 e. The van der Waals surface area contributed by atoms with Crippen LogP contribution in [0.15, 0.2) is 42.5 Å². The average Bonchev–Trinajstić information content (AvgIpc) is 3.03. The number of carbonyl (C=O) groups is 1. The van der Waals surface area contributed by atoms with E-state index in [1.54, 1.807) is 14.2 Å². The normalized spacial score (nSPS) is 14.9. The molecule has 1 saturated heterocycles. The van der Waals surface area contributed by atoms with Crippen molar-refractivity contribution in [3.05, 3.63) is 59.4 Å². The highest BCUT2D eigenvalue weighted by atomic mass is 19.1. The summed E-state index contributed by atoms with van der Waals surface area (Å²) in [6, 6.07) is 12.6. The molecule has 0 N–H and O–H groups in total. The quantitative estimate of drug-likeness (QED) is 0.106. The molecule has 1 atom stereocenters. The minimum absolute atomic E-state index is 0.124. The first-order chi connectivity index (χ1) is 21.0. The van der Waals surface area contributed by atoms with Gasteiger partial charge in [0.05, 0.1) is 14.2 Å². The van der Waals surface area contributed by atoms with Gasteiger partial charge in [-0.15, -0.1) is 0 Å². The van der Waals surface area contributed by atoms with Crippen molar-refractivity contribution in [1.82, 2.24) is 4.90 Å². The van der Waals surface area contributed by atoms with E-state index in [2.05, 4.69) is 11.8 Å². The maximum absolute atomic E-state index is 13.3. The summed E-state index contributed by atoms with van der Waals surface area (Å²) in [5.41, 5.74) is 2.03. The molecule has 0 amide bonds. The van der Waals surface area contributed by atoms with E-state index < -0.39 is 0 Å². The zero-order valence-corrected chi connectivity index (χ0v) is 27.1. The highest BCUT2D eigenvalue weighted by molar-refractivity contribution is 5.70. The smallest absolute Gasteiger partial charge is 0.306 e. The number of carbonyl (C=O) groups excluding carboxylic acids is 1. The van der Waals surface area contributed by atoms with Crippen LogP contribution < -0.4 is 9.47 Å². The Morgan fingerprint density at radius 1 is 0.837 bits per heavy atom. The van der Waals surface area contributed by atoms with Gasteiger partial charge in [0.15, 0.2) is 11.5 Å². The van der Waals surface area contributed by atoms with Crippen LogP contribution in [0.2, 0.25) is 0 Å². The number of hydrogen-bond donors (Lipinski definition) is 0. The summed E-state index contributed by atoms with van der Waals surface area (Å²) in [6.45, 7) is 5.07. The van der Waals surface area contributed by atoms with E-state index >= 15 is 0 Å². The van der Waals surface area contributed by atoms with Crippen molar-refractivity contribution in [2.24, 2.45) is 5.92 Å². The van der Waals surface area contributed by atoms with Gasteiger partial charge in [-0.05, 0) is 62.5 Å². The third kappa shape index (κ3) is 12.5. The first kappa shape index (κ1) is 34.9. The van der Waals surface area contributed by atoms with Gasteiger partial charge < -0.3 is 19.1 Å². The predicted molar refractivity (Wildman–Crippen MR) is 173 cm³/mol. The van der Waals surface area contributed by atoms with Crippen LogP contribution in [0.25, 0.3) is 0 Å². The Morgan fingerprint density at radius 3 is 2.02 bits per heavy atom. The summed E-state index contributed by atoms with van der Waals surface area (Å²) in [7, 11) is 3.28. The van der Waals surface area contributed by atoms with E-state index in [1.165, 1.54) is 76.3 Å². The second-order valence-corrected chi connectivity index (χ2v) is 12.2. The Morgan fingerprint density at radius 2 is 1.44 bits per heavy atom. The summed E-state index contributed by atoms with van der Waals surface area (Å²) in [4.78, 5) is 15.6. The highest BCUT2D eigenvalue weighted by Gasteiger charge is 2.33. The zero-order valence-electron chi connectivity index (χ0n) is 27.1. The van der Waals surface area contributed by atoms with Gasteiger partial charge in [-0.1, -0.05) is 102 Å². The van der Waals surface area contributed by atoms with Gasteiger partial charge in [0.2, 0.25) is 0 Å². The summed E-state index contributed by atoms with van der Waals surface area (Å²) < 4.78 is 30.9. The molecule has 43 heavy (non-hydrogen) atoms. The Kier molecular flexibility index (Phi) is 16.5. The molecule has 0 bridgehead atoms. The van der Waals surface area contributed by atoms with Crippen LogP contribution in [0.3, 0.4) is 0 Å². The zero-order chi connectivity index (χ0) is 30.7. The fourth-order valence-corrected chi connectivity index (χ4v) is 6.28. The number of nitrogens with zero attached hydrogens (tertiary/aromatic N) is 1. The van der Waals surface area contributed by atoms with Crippen LogP contribution in [0, 0.1) is 11.7 Å². The summed E-state index contributed by atoms with van der Waals surface area (Å²) in [5, 5.41) is 0. The first-order valence-corrected chi connectivity index (χ1v) is 16.9. The minimum atomic E-state index is -0.367. The fraction of sp³-hybridized carbons (Fsp3) is 0.649. The number of halogens is 1. The second kappa shape index (κ2) is 20.4. The average molecular weight is 598 g/mol. The van der Waals surface area contributed by atoms with E-state index in [9.17, 15) is 9.18 Å². The molecular formula is C37H56FNO4. The van der Waals surface area contributed by atoms with Gasteiger partial charge in [-0.25, -0.2) is 4.39 Å². The number of benzene rings is 2. The maximum Gasteiger partial charge on any atom is 0.306 e. The Hall–Kier alpha value is -2.60. The molecule has 0 unspecified atom stereocenters. The number of esters is 1. The third-order valence-electron chi connectivity index (χ3n) is 8.92. The van der Waals surface area contributed by atoms with Crippen molar-refractivity contribution in [2.75, 3.05) is 33.9 Å². The molecule has 0 spiro atoms. The predicted octanol–water partition coefficient (Wildman–Crippen LogP) is 9.47. The molecule has 5 nitrogen and oxygen atoms in total. The van der Waals surface area contributed by atoms with Gasteiger partial charge in [0.1, 0.15) is 11.9 Å². The van der Waals surface area contributed by atoms with Crippen LogP contribution >= 0.6 is 0 Å². The number of para-hydroxylation sites is 1. The number of hydrogen-bond acceptors (Lipinski definition) is 5. The van der Waals surface area contributed by atoms with E-state index in [1.807, 2.05) is 30.3 Å². The van der Waals surface area contributed by atoms with Gasteiger partial charge >= 0.3 is 5.97 Å². The number of methoxy groups -OCH3 is 2. The molecule has 0 aromatic heterocycles. The van der Waals surface area contributed by atoms with Crippen LogP contribution in [0.4, 0.5) is 4.39 Å². The van der Waals surface area contributed by atoms with E-state index in [-0.39, 0.29) is 23.8 Å². The molecule has 1 heterocycles. The van der Waals surface area contributed by atoms with Crippen molar-refractivity contribution in [1.29, 1.82) is 0 Å². The second-order valence-electron chi connectivity index (χ2n) is 12.2. The Labute approximate surface area is 260 Å². The van der Waals surface area contributed by atoms with E-state index in [4.69, 9.17) is 14.2 Å². The lowest BCUT2D eigenvalue weighted by Crippen LogP contribution is -2.37. The topological polar surface area (TPSA) is 48.0 Å². The lowest BCUT2D eigenvalue weighted by molar-refractivity contribution is -0.153. The summed E-state index contributed by atoms with van der Waals surface area (Å²) in [6.07, 6.45) is 18.1. The molecule has 1 aliphatic rings. The standard InChI is InChI=1S/C37H56FNO4/c1-4-5-6-7-8-9-10-11-12-13-14-15-19-35(40)43-36(33-17-16-18-34(41-2)37(33)42-3)31-25-28-39(29-26-31)27-24-30-20-22-32(38)23-21-30/h16-18,20-23,31,36H,4-15,19,24-29H2,1-3H3/t36-/m1/s1. The number of ether oxygens (including phenoxy) is 3. The van der Waals surface area contributed by atoms with Crippen LogP contribution in [-0.2, 0) is 16.0 Å². The molecule has 2 aromatic rings. The number of rotatable bonds is 21. The van der Waals surface area contributed by atoms with Crippen molar-refractivity contribution in [3.8, 4) is 11.5 Å². The molecule has 3 rings (SSSR count). The van der Waals surface area contributed by atoms with Crippen molar-refractivity contribution in [2.45, 2.75) is 116 Å². The number of piperidine rings is 1. The van der Waals surface area contributed by atoms with Gasteiger partial charge in [0.25, 0.3) is 0 Å². The molecule has 240 valence electrons. The monoisotopic (exact) mass is 597 g/mol. The molecule has 1 fully saturated rings. The van der Waals surface area contributed by atoms with Gasteiger partial charge in [-0.2, -0.15) is 0 Å². The Balaban J connectivity index is 1.47. The first-order valence-electron chi connectivity index (χ1n) is 16.9. The number of unbranched alkanes of at least 4 members (excludes halogenated alkanes) is 11. The van der Waals surface area contributed by atoms with Gasteiger partial charge in [-0.3, -0.25) is 4.79 Å². The van der Waals surface area contributed by atoms with Crippen molar-refractivity contribution >= 4 is 5.97 Å². The van der Waals surface area contributed by atoms with E-state index in [0.717, 1.165) is 62.9 Å². The summed E-state index contributed by atoms with van der Waals surface area (Å²) >= 11 is 0. The van der Waals surface area contributed by atoms with Crippen LogP contribution in [-0.4, -0.2) is 44.7 Å². The van der Waals surface area contributed by atoms with E-state index in [0.29, 0.717) is 17.9 Å². The highest BCUT2D eigenvalue weighted by Crippen LogP contribution is 2.42. The molecule has 0 radical (unpaired) electrons. The lowest BCUT2D eigenvalue weighted by Gasteiger charge is -2.36. The molecule has 0 saturated carbocycles. The van der Waals surface area contributed by atoms with Crippen LogP contribution in [0.1, 0.15) is 120 Å². The maximum atomic E-state index is 13.3. The Bertz CT molecular complexity index is 1040. The van der Waals surface area contributed by atoms with Crippen molar-refractivity contribution in [3.63, 3.8) is 0 Å². The lowest BCUT2D eigenvalue weighted by atomic mass is 9.86. The molecular weight excluding hydrogens is 541 g/mol. The van der Waals surface area contributed by atoms with Gasteiger partial charge in [0, 0.05) is 24.4 Å². The SMILES string of the molecule is CCCCCCCCCCCCCCC(=O)O[C@@H](c1cccc(OC)c1OC)C1CCN(CCc2ccc(F)cc2)CC1. The van der Waals surface area contributed by atoms with Crippen molar-refractivity contribution < 1.29 is 23.4 Å². The number of likely N-dealkylation sites (tertiary alicyclic amines) is 1.